The highest BCUT2D eigenvalue weighted by Crippen LogP contribution is 2.24. The molecule has 0 aliphatic carbocycles. The van der Waals surface area contributed by atoms with E-state index in [9.17, 15) is 4.79 Å². The molecule has 0 unspecified atom stereocenters. The highest BCUT2D eigenvalue weighted by Gasteiger charge is 2.23. The number of hydrogen-bond acceptors (Lipinski definition) is 3. The molecule has 5 heteroatoms. The zero-order valence-electron chi connectivity index (χ0n) is 12.6. The molecule has 0 atom stereocenters. The van der Waals surface area contributed by atoms with E-state index >= 15 is 0 Å². The van der Waals surface area contributed by atoms with Gasteiger partial charge in [-0.15, -0.1) is 0 Å². The molecule has 0 radical (unpaired) electrons. The number of aliphatic imine (C=N–C) groups is 1. The lowest BCUT2D eigenvalue weighted by Crippen LogP contribution is -2.35. The van der Waals surface area contributed by atoms with Crippen molar-refractivity contribution >= 4 is 44.5 Å². The van der Waals surface area contributed by atoms with E-state index in [4.69, 9.17) is 4.99 Å². The predicted molar refractivity (Wildman–Crippen MR) is 100 cm³/mol. The third-order valence-corrected chi connectivity index (χ3v) is 5.09. The van der Waals surface area contributed by atoms with Crippen LogP contribution in [0.2, 0.25) is 0 Å². The van der Waals surface area contributed by atoms with E-state index in [0.717, 1.165) is 33.9 Å². The first-order valence-corrected chi connectivity index (χ1v) is 9.36. The molecule has 2 aromatic rings. The minimum absolute atomic E-state index is 0.00961. The summed E-state index contributed by atoms with van der Waals surface area (Å²) in [5.74, 6) is 1.00. The van der Waals surface area contributed by atoms with Gasteiger partial charge >= 0.3 is 0 Å². The largest absolute Gasteiger partial charge is 0.287 e. The number of carbonyl (C=O) groups is 1. The fraction of sp³-hybridized carbons (Fsp3) is 0.222. The Bertz CT molecular complexity index is 718. The van der Waals surface area contributed by atoms with E-state index < -0.39 is 0 Å². The van der Waals surface area contributed by atoms with Crippen molar-refractivity contribution in [3.05, 3.63) is 64.6 Å². The van der Waals surface area contributed by atoms with Crippen LogP contribution in [-0.4, -0.2) is 28.3 Å². The number of thioether (sulfide) groups is 1. The molecule has 3 nitrogen and oxygen atoms in total. The third-order valence-electron chi connectivity index (χ3n) is 3.54. The van der Waals surface area contributed by atoms with Crippen LogP contribution in [0.4, 0.5) is 5.69 Å². The van der Waals surface area contributed by atoms with Crippen LogP contribution in [0.5, 0.6) is 0 Å². The van der Waals surface area contributed by atoms with Gasteiger partial charge in [-0.25, -0.2) is 4.99 Å². The van der Waals surface area contributed by atoms with Crippen molar-refractivity contribution in [3.63, 3.8) is 0 Å². The molecule has 2 aromatic carbocycles. The topological polar surface area (TPSA) is 32.7 Å². The lowest BCUT2D eigenvalue weighted by atomic mass is 10.2. The lowest BCUT2D eigenvalue weighted by molar-refractivity contribution is 0.0850. The van der Waals surface area contributed by atoms with Crippen LogP contribution in [0.1, 0.15) is 23.2 Å². The summed E-state index contributed by atoms with van der Waals surface area (Å²) < 4.78 is 0.910. The van der Waals surface area contributed by atoms with Crippen molar-refractivity contribution in [2.24, 2.45) is 4.99 Å². The number of para-hydroxylation sites is 1. The molecule has 0 aromatic heterocycles. The molecule has 0 bridgehead atoms. The molecular formula is C18H17BrN2OS. The number of amidine groups is 1. The molecule has 3 rings (SSSR count). The maximum Gasteiger partial charge on any atom is 0.259 e. The van der Waals surface area contributed by atoms with Crippen molar-refractivity contribution < 1.29 is 4.79 Å². The van der Waals surface area contributed by atoms with E-state index in [0.29, 0.717) is 12.1 Å². The number of nitrogens with zero attached hydrogens (tertiary/aromatic N) is 2. The Kier molecular flexibility index (Phi) is 5.51. The van der Waals surface area contributed by atoms with Crippen molar-refractivity contribution in [1.29, 1.82) is 0 Å². The van der Waals surface area contributed by atoms with Gasteiger partial charge in [-0.05, 0) is 43.2 Å². The van der Waals surface area contributed by atoms with Crippen LogP contribution in [0.3, 0.4) is 0 Å². The van der Waals surface area contributed by atoms with Gasteiger partial charge in [0.15, 0.2) is 5.17 Å². The van der Waals surface area contributed by atoms with Crippen LogP contribution in [0.25, 0.3) is 0 Å². The van der Waals surface area contributed by atoms with Gasteiger partial charge in [0.2, 0.25) is 0 Å². The van der Waals surface area contributed by atoms with E-state index in [1.165, 1.54) is 0 Å². The molecule has 0 saturated carbocycles. The molecule has 1 saturated heterocycles. The first-order valence-electron chi connectivity index (χ1n) is 7.58. The van der Waals surface area contributed by atoms with Crippen LogP contribution in [-0.2, 0) is 0 Å². The molecule has 23 heavy (non-hydrogen) atoms. The fourth-order valence-corrected chi connectivity index (χ4v) is 3.81. The number of hydrogen-bond donors (Lipinski definition) is 0. The quantitative estimate of drug-likeness (QED) is 0.716. The van der Waals surface area contributed by atoms with Crippen molar-refractivity contribution in [1.82, 2.24) is 4.90 Å². The average molecular weight is 389 g/mol. The third kappa shape index (κ3) is 4.24. The minimum Gasteiger partial charge on any atom is -0.287 e. The van der Waals surface area contributed by atoms with Gasteiger partial charge in [-0.1, -0.05) is 52.0 Å². The van der Waals surface area contributed by atoms with E-state index in [2.05, 4.69) is 15.9 Å². The maximum absolute atomic E-state index is 12.9. The van der Waals surface area contributed by atoms with Gasteiger partial charge in [0.25, 0.3) is 5.91 Å². The summed E-state index contributed by atoms with van der Waals surface area (Å²) >= 11 is 5.09. The number of carbonyl (C=O) groups excluding carboxylic acids is 1. The summed E-state index contributed by atoms with van der Waals surface area (Å²) in [6, 6.07) is 17.3. The maximum atomic E-state index is 12.9. The Hall–Kier alpha value is -1.59. The van der Waals surface area contributed by atoms with Gasteiger partial charge in [0.1, 0.15) is 0 Å². The van der Waals surface area contributed by atoms with Gasteiger partial charge in [-0.2, -0.15) is 0 Å². The highest BCUT2D eigenvalue weighted by molar-refractivity contribution is 9.10. The lowest BCUT2D eigenvalue weighted by Gasteiger charge is -2.21. The second-order valence-corrected chi connectivity index (χ2v) is 7.23. The van der Waals surface area contributed by atoms with Crippen molar-refractivity contribution in [2.45, 2.75) is 12.8 Å². The van der Waals surface area contributed by atoms with Gasteiger partial charge in [0.05, 0.1) is 5.69 Å². The Labute approximate surface area is 148 Å². The van der Waals surface area contributed by atoms with E-state index in [1.54, 1.807) is 11.8 Å². The summed E-state index contributed by atoms with van der Waals surface area (Å²) in [7, 11) is 0. The molecule has 1 heterocycles. The van der Waals surface area contributed by atoms with Crippen LogP contribution < -0.4 is 0 Å². The SMILES string of the molecule is O=C(c1cccc(Br)c1)N1CCCCSC1=Nc1ccccc1. The Morgan fingerprint density at radius 1 is 1.09 bits per heavy atom. The normalized spacial score (nSPS) is 17.1. The molecule has 118 valence electrons. The molecular weight excluding hydrogens is 372 g/mol. The second kappa shape index (κ2) is 7.79. The van der Waals surface area contributed by atoms with Gasteiger partial charge in [0, 0.05) is 22.3 Å². The zero-order chi connectivity index (χ0) is 16.1. The van der Waals surface area contributed by atoms with Crippen LogP contribution >= 0.6 is 27.7 Å². The molecule has 1 amide bonds. The summed E-state index contributed by atoms with van der Waals surface area (Å²) in [6.45, 7) is 0.712. The summed E-state index contributed by atoms with van der Waals surface area (Å²) in [4.78, 5) is 19.4. The number of rotatable bonds is 2. The van der Waals surface area contributed by atoms with Gasteiger partial charge < -0.3 is 0 Å². The molecule has 1 aliphatic heterocycles. The second-order valence-electron chi connectivity index (χ2n) is 5.25. The smallest absolute Gasteiger partial charge is 0.259 e. The Balaban J connectivity index is 1.93. The zero-order valence-corrected chi connectivity index (χ0v) is 15.0. The van der Waals surface area contributed by atoms with E-state index in [-0.39, 0.29) is 5.91 Å². The van der Waals surface area contributed by atoms with Crippen LogP contribution in [0, 0.1) is 0 Å². The number of benzene rings is 2. The molecule has 1 fully saturated rings. The summed E-state index contributed by atoms with van der Waals surface area (Å²) in [6.07, 6.45) is 2.10. The summed E-state index contributed by atoms with van der Waals surface area (Å²) in [5.41, 5.74) is 1.56. The molecule has 0 spiro atoms. The molecule has 1 aliphatic rings. The van der Waals surface area contributed by atoms with Crippen molar-refractivity contribution in [3.8, 4) is 0 Å². The predicted octanol–water partition coefficient (Wildman–Crippen LogP) is 5.11. The Morgan fingerprint density at radius 3 is 2.70 bits per heavy atom. The Morgan fingerprint density at radius 2 is 1.91 bits per heavy atom. The van der Waals surface area contributed by atoms with Crippen molar-refractivity contribution in [2.75, 3.05) is 12.3 Å². The number of amides is 1. The average Bonchev–Trinajstić information content (AvgIpc) is 2.81. The first kappa shape index (κ1) is 16.3. The van der Waals surface area contributed by atoms with Gasteiger partial charge in [-0.3, -0.25) is 9.69 Å². The first-order chi connectivity index (χ1) is 11.2. The molecule has 0 N–H and O–H groups in total. The highest BCUT2D eigenvalue weighted by atomic mass is 79.9. The monoisotopic (exact) mass is 388 g/mol. The minimum atomic E-state index is 0.00961. The van der Waals surface area contributed by atoms with E-state index in [1.807, 2.05) is 59.5 Å². The summed E-state index contributed by atoms with van der Waals surface area (Å²) in [5, 5.41) is 0.790. The van der Waals surface area contributed by atoms with Crippen LogP contribution in [0.15, 0.2) is 64.1 Å². The number of halogens is 1. The standard InChI is InChI=1S/C18H17BrN2OS/c19-15-8-6-7-14(13-15)17(22)21-11-4-5-12-23-18(21)20-16-9-2-1-3-10-16/h1-3,6-10,13H,4-5,11-12H2. The fourth-order valence-electron chi connectivity index (χ4n) is 2.38.